The number of benzene rings is 2. The SMILES string of the molecule is Cc1ccc(-c2ccc(C3CCC(C4CCC(OCC5CO5)CC4)CC3)cc2)cc1. The molecule has 2 heteroatoms. The summed E-state index contributed by atoms with van der Waals surface area (Å²) >= 11 is 0. The number of aryl methyl sites for hydroxylation is 1. The number of hydrogen-bond acceptors (Lipinski definition) is 2. The van der Waals surface area contributed by atoms with E-state index in [2.05, 4.69) is 55.5 Å². The summed E-state index contributed by atoms with van der Waals surface area (Å²) in [6, 6.07) is 18.3. The molecule has 1 atom stereocenters. The summed E-state index contributed by atoms with van der Waals surface area (Å²) in [5.41, 5.74) is 5.52. The summed E-state index contributed by atoms with van der Waals surface area (Å²) in [6.45, 7) is 3.88. The molecule has 0 spiro atoms. The van der Waals surface area contributed by atoms with E-state index in [-0.39, 0.29) is 0 Å². The zero-order valence-electron chi connectivity index (χ0n) is 18.4. The highest BCUT2D eigenvalue weighted by atomic mass is 16.6. The molecule has 1 saturated heterocycles. The van der Waals surface area contributed by atoms with Crippen LogP contribution in [0.3, 0.4) is 0 Å². The molecule has 2 aromatic carbocycles. The molecule has 1 aliphatic heterocycles. The minimum absolute atomic E-state index is 0.406. The van der Waals surface area contributed by atoms with Crippen molar-refractivity contribution in [2.24, 2.45) is 11.8 Å². The lowest BCUT2D eigenvalue weighted by Gasteiger charge is -2.38. The molecule has 30 heavy (non-hydrogen) atoms. The van der Waals surface area contributed by atoms with Crippen molar-refractivity contribution in [3.05, 3.63) is 59.7 Å². The molecular formula is C28H36O2. The Bertz CT molecular complexity index is 790. The molecule has 1 unspecified atom stereocenters. The molecule has 2 aliphatic carbocycles. The van der Waals surface area contributed by atoms with Gasteiger partial charge in [-0.25, -0.2) is 0 Å². The molecule has 0 bridgehead atoms. The maximum absolute atomic E-state index is 6.04. The van der Waals surface area contributed by atoms with E-state index >= 15 is 0 Å². The minimum Gasteiger partial charge on any atom is -0.375 e. The van der Waals surface area contributed by atoms with Gasteiger partial charge in [0.15, 0.2) is 0 Å². The number of rotatable bonds is 6. The van der Waals surface area contributed by atoms with E-state index in [9.17, 15) is 0 Å². The van der Waals surface area contributed by atoms with E-state index in [1.54, 1.807) is 5.56 Å². The van der Waals surface area contributed by atoms with Gasteiger partial charge >= 0.3 is 0 Å². The largest absolute Gasteiger partial charge is 0.375 e. The van der Waals surface area contributed by atoms with E-state index in [4.69, 9.17) is 9.47 Å². The average Bonchev–Trinajstić information content (AvgIpc) is 3.64. The maximum Gasteiger partial charge on any atom is 0.104 e. The minimum atomic E-state index is 0.406. The van der Waals surface area contributed by atoms with E-state index in [0.29, 0.717) is 12.2 Å². The first-order chi connectivity index (χ1) is 14.7. The third kappa shape index (κ3) is 4.98. The molecule has 1 heterocycles. The van der Waals surface area contributed by atoms with E-state index < -0.39 is 0 Å². The number of hydrogen-bond donors (Lipinski definition) is 0. The second kappa shape index (κ2) is 9.24. The highest BCUT2D eigenvalue weighted by Gasteiger charge is 2.32. The topological polar surface area (TPSA) is 21.8 Å². The molecular weight excluding hydrogens is 368 g/mol. The molecule has 2 aromatic rings. The molecule has 3 aliphatic rings. The predicted octanol–water partition coefficient (Wildman–Crippen LogP) is 6.91. The Labute approximate surface area is 182 Å². The second-order valence-corrected chi connectivity index (χ2v) is 9.93. The zero-order valence-corrected chi connectivity index (χ0v) is 18.4. The normalized spacial score (nSPS) is 31.4. The van der Waals surface area contributed by atoms with Crippen molar-refractivity contribution in [3.63, 3.8) is 0 Å². The summed E-state index contributed by atoms with van der Waals surface area (Å²) in [5, 5.41) is 0. The van der Waals surface area contributed by atoms with Gasteiger partial charge in [0, 0.05) is 0 Å². The van der Waals surface area contributed by atoms with Crippen molar-refractivity contribution in [3.8, 4) is 11.1 Å². The van der Waals surface area contributed by atoms with Crippen LogP contribution in [0.15, 0.2) is 48.5 Å². The Balaban J connectivity index is 1.09. The lowest BCUT2D eigenvalue weighted by Crippen LogP contribution is -2.29. The van der Waals surface area contributed by atoms with Crippen LogP contribution in [0.1, 0.15) is 68.4 Å². The van der Waals surface area contributed by atoms with Gasteiger partial charge in [0.1, 0.15) is 6.10 Å². The second-order valence-electron chi connectivity index (χ2n) is 9.93. The van der Waals surface area contributed by atoms with Crippen LogP contribution in [-0.2, 0) is 9.47 Å². The van der Waals surface area contributed by atoms with Gasteiger partial charge in [-0.3, -0.25) is 0 Å². The van der Waals surface area contributed by atoms with Gasteiger partial charge in [0.05, 0.1) is 19.3 Å². The summed E-state index contributed by atoms with van der Waals surface area (Å²) in [4.78, 5) is 0. The fourth-order valence-corrected chi connectivity index (χ4v) is 5.75. The first-order valence-electron chi connectivity index (χ1n) is 12.1. The van der Waals surface area contributed by atoms with Crippen molar-refractivity contribution in [2.75, 3.05) is 13.2 Å². The molecule has 2 nitrogen and oxygen atoms in total. The Morgan fingerprint density at radius 2 is 1.27 bits per heavy atom. The Kier molecular flexibility index (Phi) is 6.24. The van der Waals surface area contributed by atoms with Gasteiger partial charge in [-0.1, -0.05) is 54.1 Å². The predicted molar refractivity (Wildman–Crippen MR) is 123 cm³/mol. The van der Waals surface area contributed by atoms with Crippen LogP contribution in [-0.4, -0.2) is 25.4 Å². The van der Waals surface area contributed by atoms with Crippen molar-refractivity contribution in [1.29, 1.82) is 0 Å². The monoisotopic (exact) mass is 404 g/mol. The van der Waals surface area contributed by atoms with Gasteiger partial charge in [-0.05, 0) is 92.7 Å². The standard InChI is InChI=1S/C28H36O2/c1-20-2-4-21(5-3-20)22-6-8-23(9-7-22)24-10-12-25(13-11-24)26-14-16-27(17-15-26)29-18-28-19-30-28/h2-9,24-28H,10-19H2,1H3. The number of ether oxygens (including phenoxy) is 2. The van der Waals surface area contributed by atoms with E-state index in [1.807, 2.05) is 0 Å². The summed E-state index contributed by atoms with van der Waals surface area (Å²) in [7, 11) is 0. The maximum atomic E-state index is 6.04. The average molecular weight is 405 g/mol. The van der Waals surface area contributed by atoms with Gasteiger partial charge in [-0.15, -0.1) is 0 Å². The molecule has 0 radical (unpaired) electrons. The van der Waals surface area contributed by atoms with Crippen molar-refractivity contribution in [2.45, 2.75) is 76.4 Å². The molecule has 0 N–H and O–H groups in total. The van der Waals surface area contributed by atoms with Crippen LogP contribution in [0.5, 0.6) is 0 Å². The molecule has 3 fully saturated rings. The van der Waals surface area contributed by atoms with Crippen LogP contribution in [0.25, 0.3) is 11.1 Å². The zero-order chi connectivity index (χ0) is 20.3. The summed E-state index contributed by atoms with van der Waals surface area (Å²) in [6.07, 6.45) is 11.7. The number of epoxide rings is 1. The van der Waals surface area contributed by atoms with Crippen LogP contribution in [0.2, 0.25) is 0 Å². The molecule has 0 amide bonds. The Morgan fingerprint density at radius 1 is 0.733 bits per heavy atom. The Morgan fingerprint density at radius 3 is 1.83 bits per heavy atom. The quantitative estimate of drug-likeness (QED) is 0.488. The fourth-order valence-electron chi connectivity index (χ4n) is 5.75. The lowest BCUT2D eigenvalue weighted by atomic mass is 9.69. The van der Waals surface area contributed by atoms with E-state index in [1.165, 1.54) is 68.1 Å². The van der Waals surface area contributed by atoms with E-state index in [0.717, 1.165) is 31.0 Å². The van der Waals surface area contributed by atoms with Crippen molar-refractivity contribution < 1.29 is 9.47 Å². The first-order valence-corrected chi connectivity index (χ1v) is 12.1. The fraction of sp³-hybridized carbons (Fsp3) is 0.571. The highest BCUT2D eigenvalue weighted by Crippen LogP contribution is 2.43. The van der Waals surface area contributed by atoms with Crippen molar-refractivity contribution >= 4 is 0 Å². The van der Waals surface area contributed by atoms with Crippen LogP contribution in [0, 0.1) is 18.8 Å². The third-order valence-corrected chi connectivity index (χ3v) is 7.84. The Hall–Kier alpha value is -1.64. The first kappa shape index (κ1) is 20.3. The van der Waals surface area contributed by atoms with Gasteiger partial charge in [-0.2, -0.15) is 0 Å². The highest BCUT2D eigenvalue weighted by molar-refractivity contribution is 5.64. The molecule has 0 aromatic heterocycles. The van der Waals surface area contributed by atoms with Crippen molar-refractivity contribution in [1.82, 2.24) is 0 Å². The van der Waals surface area contributed by atoms with Crippen LogP contribution in [0.4, 0.5) is 0 Å². The molecule has 5 rings (SSSR count). The lowest BCUT2D eigenvalue weighted by molar-refractivity contribution is 0.00133. The van der Waals surface area contributed by atoms with Gasteiger partial charge in [0.25, 0.3) is 0 Å². The van der Waals surface area contributed by atoms with Crippen LogP contribution < -0.4 is 0 Å². The molecule has 2 saturated carbocycles. The summed E-state index contributed by atoms with van der Waals surface area (Å²) in [5.74, 6) is 2.64. The van der Waals surface area contributed by atoms with Crippen LogP contribution >= 0.6 is 0 Å². The molecule has 160 valence electrons. The smallest absolute Gasteiger partial charge is 0.104 e. The summed E-state index contributed by atoms with van der Waals surface area (Å²) < 4.78 is 11.3. The van der Waals surface area contributed by atoms with Gasteiger partial charge < -0.3 is 9.47 Å². The third-order valence-electron chi connectivity index (χ3n) is 7.84. The van der Waals surface area contributed by atoms with Gasteiger partial charge in [0.2, 0.25) is 0 Å².